The largest absolute Gasteiger partial charge is 0.487 e. The van der Waals surface area contributed by atoms with Crippen LogP contribution in [-0.2, 0) is 4.74 Å². The predicted molar refractivity (Wildman–Crippen MR) is 56.4 cm³/mol. The zero-order chi connectivity index (χ0) is 10.6. The van der Waals surface area contributed by atoms with Crippen molar-refractivity contribution in [2.45, 2.75) is 6.92 Å². The quantitative estimate of drug-likeness (QED) is 0.463. The first-order chi connectivity index (χ1) is 5.38. The first-order valence-corrected chi connectivity index (χ1v) is 3.65. The van der Waals surface area contributed by atoms with E-state index in [4.69, 9.17) is 10.2 Å². The van der Waals surface area contributed by atoms with E-state index in [1.165, 1.54) is 0 Å². The third kappa shape index (κ3) is 5620. The van der Waals surface area contributed by atoms with Gasteiger partial charge in [0.05, 0.1) is 0 Å². The fraction of sp³-hybridized carbons (Fsp3) is 0.600. The van der Waals surface area contributed by atoms with Crippen LogP contribution in [0.5, 0.6) is 0 Å². The van der Waals surface area contributed by atoms with E-state index in [1.54, 1.807) is 7.11 Å². The molecular weight excluding hydrogens is 200 g/mol. The fourth-order valence-electron chi connectivity index (χ4n) is 0. The Bertz CT molecular complexity index is 99.3. The van der Waals surface area contributed by atoms with Gasteiger partial charge in [0.15, 0.2) is 0 Å². The van der Waals surface area contributed by atoms with Gasteiger partial charge in [-0.3, -0.25) is 0 Å². The maximum atomic E-state index is 7.56. The lowest BCUT2D eigenvalue weighted by molar-refractivity contribution is 0.215. The normalized spacial score (nSPS) is 6.50. The molecule has 0 heterocycles. The molecule has 0 aromatic rings. The highest BCUT2D eigenvalue weighted by molar-refractivity contribution is 7.80. The second-order valence-corrected chi connectivity index (χ2v) is 2.09. The number of aliphatic hydroxyl groups excluding tert-OH is 2. The molecule has 0 atom stereocenters. The highest BCUT2D eigenvalue weighted by Crippen LogP contribution is 1.52. The van der Waals surface area contributed by atoms with Gasteiger partial charge in [0.2, 0.25) is 0 Å². The summed E-state index contributed by atoms with van der Waals surface area (Å²) in [4.78, 5) is 0. The maximum absolute atomic E-state index is 7.56. The van der Waals surface area contributed by atoms with Gasteiger partial charge in [-0.15, -0.1) is 0 Å². The highest BCUT2D eigenvalue weighted by Gasteiger charge is 1.57. The van der Waals surface area contributed by atoms with Gasteiger partial charge in [-0.1, -0.05) is 0 Å². The monoisotopic (exact) mass is 214 g/mol. The molecule has 0 fully saturated rings. The van der Waals surface area contributed by atoms with Crippen LogP contribution < -0.4 is 11.5 Å². The maximum Gasteiger partial charge on any atom is 0.251 e. The van der Waals surface area contributed by atoms with Gasteiger partial charge in [0.1, 0.15) is 0 Å². The van der Waals surface area contributed by atoms with Crippen LogP contribution in [0, 0.1) is 0 Å². The molecule has 0 spiro atoms. The molecule has 0 rings (SSSR count). The highest BCUT2D eigenvalue weighted by atomic mass is 32.1. The number of methoxy groups -OCH3 is 1. The second kappa shape index (κ2) is 16.7. The molecular formula is C5H14N2O3S2. The molecule has 0 radical (unpaired) electrons. The average molecular weight is 214 g/mol. The Kier molecular flexibility index (Phi) is 24.3. The molecule has 0 bridgehead atoms. The predicted octanol–water partition coefficient (Wildman–Crippen LogP) is 0.229. The molecule has 0 unspecified atom stereocenters. The van der Waals surface area contributed by atoms with Crippen molar-refractivity contribution in [2.24, 2.45) is 11.5 Å². The first kappa shape index (κ1) is 17.4. The average Bonchev–Trinajstić information content (AvgIpc) is 1.85. The molecule has 0 aromatic carbocycles. The van der Waals surface area contributed by atoms with Crippen molar-refractivity contribution < 1.29 is 14.9 Å². The summed E-state index contributed by atoms with van der Waals surface area (Å²) in [7, 11) is 1.68. The summed E-state index contributed by atoms with van der Waals surface area (Å²) in [5, 5.41) is 14.1. The van der Waals surface area contributed by atoms with Crippen molar-refractivity contribution in [3.05, 3.63) is 0 Å². The molecule has 74 valence electrons. The van der Waals surface area contributed by atoms with Crippen molar-refractivity contribution in [3.63, 3.8) is 0 Å². The summed E-state index contributed by atoms with van der Waals surface area (Å²) in [5.74, 6) is 0. The Morgan fingerprint density at radius 2 is 1.33 bits per heavy atom. The fourth-order valence-corrected chi connectivity index (χ4v) is 0. The van der Waals surface area contributed by atoms with Gasteiger partial charge in [0.25, 0.3) is 10.3 Å². The van der Waals surface area contributed by atoms with Crippen molar-refractivity contribution in [2.75, 3.05) is 13.7 Å². The second-order valence-electron chi connectivity index (χ2n) is 1.25. The number of nitrogens with two attached hydrogens (primary N) is 2. The zero-order valence-electron chi connectivity index (χ0n) is 6.98. The van der Waals surface area contributed by atoms with E-state index >= 15 is 0 Å². The summed E-state index contributed by atoms with van der Waals surface area (Å²) in [6.45, 7) is 2.78. The van der Waals surface area contributed by atoms with Crippen LogP contribution in [0.3, 0.4) is 0 Å². The molecule has 5 nitrogen and oxygen atoms in total. The van der Waals surface area contributed by atoms with Crippen LogP contribution in [0.2, 0.25) is 0 Å². The molecule has 0 saturated heterocycles. The number of hydrogen-bond acceptors (Lipinski definition) is 3. The van der Waals surface area contributed by atoms with Crippen molar-refractivity contribution in [1.29, 1.82) is 0 Å². The summed E-state index contributed by atoms with van der Waals surface area (Å²) < 4.78 is 4.54. The van der Waals surface area contributed by atoms with Crippen molar-refractivity contribution in [3.8, 4) is 0 Å². The number of thiocarbonyl (C=S) groups is 2. The number of rotatable bonds is 1. The van der Waals surface area contributed by atoms with E-state index < -0.39 is 10.3 Å². The van der Waals surface area contributed by atoms with Gasteiger partial charge in [-0.25, -0.2) is 0 Å². The Morgan fingerprint density at radius 1 is 1.25 bits per heavy atom. The topological polar surface area (TPSA) is 102 Å². The third-order valence-electron chi connectivity index (χ3n) is 0.289. The van der Waals surface area contributed by atoms with Gasteiger partial charge < -0.3 is 26.4 Å². The SMILES string of the molecule is CCOC.NC(O)=S.NC(O)=S. The number of ether oxygens (including phenoxy) is 1. The van der Waals surface area contributed by atoms with E-state index in [2.05, 4.69) is 40.6 Å². The molecule has 6 N–H and O–H groups in total. The zero-order valence-corrected chi connectivity index (χ0v) is 8.61. The van der Waals surface area contributed by atoms with Crippen LogP contribution in [0.15, 0.2) is 0 Å². The van der Waals surface area contributed by atoms with Crippen molar-refractivity contribution >= 4 is 34.8 Å². The van der Waals surface area contributed by atoms with E-state index in [1.807, 2.05) is 6.92 Å². The van der Waals surface area contributed by atoms with Gasteiger partial charge in [0, 0.05) is 13.7 Å². The smallest absolute Gasteiger partial charge is 0.251 e. The summed E-state index contributed by atoms with van der Waals surface area (Å²) in [6.07, 6.45) is 0. The van der Waals surface area contributed by atoms with Crippen molar-refractivity contribution in [1.82, 2.24) is 0 Å². The molecule has 0 aromatic heterocycles. The van der Waals surface area contributed by atoms with E-state index in [0.29, 0.717) is 0 Å². The minimum atomic E-state index is -0.500. The third-order valence-corrected chi connectivity index (χ3v) is 0.289. The standard InChI is InChI=1S/C3H8O.2CH3NOS/c1-3-4-2;2*2-1(3)4/h3H2,1-2H3;2*(H3,2,3,4). The Morgan fingerprint density at radius 3 is 1.33 bits per heavy atom. The van der Waals surface area contributed by atoms with Gasteiger partial charge in [-0.05, 0) is 31.4 Å². The van der Waals surface area contributed by atoms with Crippen LogP contribution in [0.25, 0.3) is 0 Å². The minimum absolute atomic E-state index is 0.500. The van der Waals surface area contributed by atoms with E-state index in [0.717, 1.165) is 6.61 Å². The molecule has 0 aliphatic carbocycles. The summed E-state index contributed by atoms with van der Waals surface area (Å²) >= 11 is 7.74. The molecule has 0 saturated carbocycles. The number of aliphatic hydroxyl groups is 2. The van der Waals surface area contributed by atoms with E-state index in [9.17, 15) is 0 Å². The number of hydrogen-bond donors (Lipinski definition) is 4. The lowest BCUT2D eigenvalue weighted by Gasteiger charge is -1.76. The lowest BCUT2D eigenvalue weighted by Crippen LogP contribution is -2.03. The van der Waals surface area contributed by atoms with Crippen LogP contribution >= 0.6 is 24.4 Å². The molecule has 7 heteroatoms. The van der Waals surface area contributed by atoms with Crippen LogP contribution in [0.1, 0.15) is 6.92 Å². The molecule has 0 aliphatic heterocycles. The molecule has 0 aliphatic rings. The summed E-state index contributed by atoms with van der Waals surface area (Å²) in [6, 6.07) is 0. The molecule has 12 heavy (non-hydrogen) atoms. The summed E-state index contributed by atoms with van der Waals surface area (Å²) in [5.41, 5.74) is 8.80. The first-order valence-electron chi connectivity index (χ1n) is 2.84. The Balaban J connectivity index is -0.000000101. The van der Waals surface area contributed by atoms with Crippen LogP contribution in [-0.4, -0.2) is 34.3 Å². The lowest BCUT2D eigenvalue weighted by atomic mass is 10.9. The Labute approximate surface area is 82.3 Å². The Hall–Kier alpha value is -0.660. The minimum Gasteiger partial charge on any atom is -0.487 e. The molecule has 0 amide bonds. The van der Waals surface area contributed by atoms with E-state index in [-0.39, 0.29) is 0 Å². The van der Waals surface area contributed by atoms with Gasteiger partial charge >= 0.3 is 0 Å². The van der Waals surface area contributed by atoms with Crippen LogP contribution in [0.4, 0.5) is 0 Å². The van der Waals surface area contributed by atoms with Gasteiger partial charge in [-0.2, -0.15) is 0 Å².